The van der Waals surface area contributed by atoms with Gasteiger partial charge in [0.05, 0.1) is 0 Å². The second-order valence-corrected chi connectivity index (χ2v) is 5.88. The highest BCUT2D eigenvalue weighted by atomic mass is 15.2. The predicted molar refractivity (Wildman–Crippen MR) is 75.6 cm³/mol. The molecule has 0 spiro atoms. The first-order chi connectivity index (χ1) is 8.86. The van der Waals surface area contributed by atoms with E-state index in [1.54, 1.807) is 0 Å². The lowest BCUT2D eigenvalue weighted by Gasteiger charge is -2.27. The van der Waals surface area contributed by atoms with Gasteiger partial charge >= 0.3 is 0 Å². The highest BCUT2D eigenvalue weighted by molar-refractivity contribution is 5.19. The van der Waals surface area contributed by atoms with E-state index in [1.165, 1.54) is 44.3 Å². The molecule has 1 N–H and O–H groups in total. The largest absolute Gasteiger partial charge is 0.312 e. The molecule has 2 aliphatic carbocycles. The molecule has 0 radical (unpaired) electrons. The first kappa shape index (κ1) is 12.2. The Morgan fingerprint density at radius 2 is 1.89 bits per heavy atom. The van der Waals surface area contributed by atoms with Crippen LogP contribution >= 0.6 is 0 Å². The van der Waals surface area contributed by atoms with Gasteiger partial charge in [0, 0.05) is 25.2 Å². The van der Waals surface area contributed by atoms with Crippen LogP contribution in [-0.4, -0.2) is 31.1 Å². The molecule has 0 aromatic heterocycles. The van der Waals surface area contributed by atoms with E-state index in [0.717, 1.165) is 12.0 Å². The van der Waals surface area contributed by atoms with Crippen molar-refractivity contribution in [3.8, 4) is 0 Å². The van der Waals surface area contributed by atoms with Crippen molar-refractivity contribution in [1.82, 2.24) is 10.2 Å². The number of hydrogen-bond acceptors (Lipinski definition) is 2. The van der Waals surface area contributed by atoms with E-state index in [1.807, 2.05) is 0 Å². The van der Waals surface area contributed by atoms with Crippen molar-refractivity contribution in [3.63, 3.8) is 0 Å². The topological polar surface area (TPSA) is 15.3 Å². The first-order valence-electron chi connectivity index (χ1n) is 7.33. The zero-order chi connectivity index (χ0) is 12.4. The Hall–Kier alpha value is -0.860. The molecule has 1 atom stereocenters. The molecule has 2 saturated carbocycles. The van der Waals surface area contributed by atoms with Crippen LogP contribution in [-0.2, 0) is 0 Å². The van der Waals surface area contributed by atoms with Crippen LogP contribution in [0.4, 0.5) is 0 Å². The van der Waals surface area contributed by atoms with Gasteiger partial charge in [-0.05, 0) is 44.2 Å². The van der Waals surface area contributed by atoms with Crippen LogP contribution in [0, 0.1) is 5.92 Å². The molecule has 3 rings (SSSR count). The molecule has 2 nitrogen and oxygen atoms in total. The summed E-state index contributed by atoms with van der Waals surface area (Å²) in [6.07, 6.45) is 5.74. The second-order valence-electron chi connectivity index (χ2n) is 5.88. The molecule has 98 valence electrons. The molecule has 0 bridgehead atoms. The van der Waals surface area contributed by atoms with E-state index in [-0.39, 0.29) is 0 Å². The van der Waals surface area contributed by atoms with E-state index in [2.05, 4.69) is 47.6 Å². The van der Waals surface area contributed by atoms with Gasteiger partial charge in [0.1, 0.15) is 0 Å². The van der Waals surface area contributed by atoms with Crippen LogP contribution in [0.2, 0.25) is 0 Å². The van der Waals surface area contributed by atoms with Crippen molar-refractivity contribution in [1.29, 1.82) is 0 Å². The van der Waals surface area contributed by atoms with Crippen LogP contribution < -0.4 is 5.32 Å². The van der Waals surface area contributed by atoms with Gasteiger partial charge in [0.2, 0.25) is 0 Å². The second kappa shape index (κ2) is 5.41. The third-order valence-corrected chi connectivity index (χ3v) is 4.22. The lowest BCUT2D eigenvalue weighted by atomic mass is 10.1. The van der Waals surface area contributed by atoms with Crippen LogP contribution in [0.25, 0.3) is 0 Å². The summed E-state index contributed by atoms with van der Waals surface area (Å²) >= 11 is 0. The van der Waals surface area contributed by atoms with Crippen molar-refractivity contribution in [3.05, 3.63) is 35.9 Å². The fourth-order valence-corrected chi connectivity index (χ4v) is 2.73. The van der Waals surface area contributed by atoms with Crippen molar-refractivity contribution >= 4 is 0 Å². The molecule has 0 heterocycles. The van der Waals surface area contributed by atoms with E-state index >= 15 is 0 Å². The van der Waals surface area contributed by atoms with Gasteiger partial charge in [0.15, 0.2) is 0 Å². The highest BCUT2D eigenvalue weighted by Gasteiger charge is 2.34. The molecule has 18 heavy (non-hydrogen) atoms. The number of hydrogen-bond donors (Lipinski definition) is 1. The molecule has 1 aromatic rings. The van der Waals surface area contributed by atoms with Crippen molar-refractivity contribution in [2.24, 2.45) is 5.92 Å². The molecular formula is C16H24N2. The number of nitrogens with zero attached hydrogens (tertiary/aromatic N) is 1. The Balaban J connectivity index is 1.63. The maximum absolute atomic E-state index is 3.48. The minimum atomic E-state index is 0.477. The number of nitrogens with one attached hydrogen (secondary N) is 1. The average molecular weight is 244 g/mol. The summed E-state index contributed by atoms with van der Waals surface area (Å²) in [4.78, 5) is 2.73. The minimum absolute atomic E-state index is 0.477. The maximum atomic E-state index is 3.48. The van der Waals surface area contributed by atoms with Crippen molar-refractivity contribution < 1.29 is 0 Å². The summed E-state index contributed by atoms with van der Waals surface area (Å²) in [5.74, 6) is 0.999. The molecule has 2 aliphatic rings. The normalized spacial score (nSPS) is 21.2. The van der Waals surface area contributed by atoms with Gasteiger partial charge in [-0.1, -0.05) is 30.3 Å². The van der Waals surface area contributed by atoms with Gasteiger partial charge in [-0.15, -0.1) is 0 Å². The van der Waals surface area contributed by atoms with Crippen LogP contribution in [0.3, 0.4) is 0 Å². The molecule has 0 saturated heterocycles. The number of benzene rings is 1. The number of likely N-dealkylation sites (N-methyl/N-ethyl adjacent to an activating group) is 1. The molecule has 0 amide bonds. The minimum Gasteiger partial charge on any atom is -0.312 e. The molecule has 1 aromatic carbocycles. The average Bonchev–Trinajstić information content (AvgIpc) is 3.28. The summed E-state index contributed by atoms with van der Waals surface area (Å²) in [5.41, 5.74) is 1.42. The highest BCUT2D eigenvalue weighted by Crippen LogP contribution is 2.35. The molecule has 2 heteroatoms. The molecule has 2 fully saturated rings. The van der Waals surface area contributed by atoms with Gasteiger partial charge in [-0.2, -0.15) is 0 Å². The Bertz CT molecular complexity index is 368. The van der Waals surface area contributed by atoms with Crippen LogP contribution in [0.15, 0.2) is 30.3 Å². The Kier molecular flexibility index (Phi) is 3.67. The Morgan fingerprint density at radius 3 is 2.44 bits per heavy atom. The quantitative estimate of drug-likeness (QED) is 0.793. The standard InChI is InChI=1S/C16H24N2/c1-17-16(14-5-3-2-4-6-14)12-18(15-9-10-15)11-13-7-8-13/h2-6,13,15-17H,7-12H2,1H3. The van der Waals surface area contributed by atoms with Crippen LogP contribution in [0.1, 0.15) is 37.3 Å². The lowest BCUT2D eigenvalue weighted by molar-refractivity contribution is 0.227. The third-order valence-electron chi connectivity index (χ3n) is 4.22. The van der Waals surface area contributed by atoms with Crippen molar-refractivity contribution in [2.45, 2.75) is 37.8 Å². The smallest absolute Gasteiger partial charge is 0.0446 e. The van der Waals surface area contributed by atoms with Gasteiger partial charge in [-0.3, -0.25) is 4.90 Å². The van der Waals surface area contributed by atoms with Gasteiger partial charge in [0.25, 0.3) is 0 Å². The zero-order valence-electron chi connectivity index (χ0n) is 11.3. The lowest BCUT2D eigenvalue weighted by Crippen LogP contribution is -2.36. The van der Waals surface area contributed by atoms with Crippen molar-refractivity contribution in [2.75, 3.05) is 20.1 Å². The monoisotopic (exact) mass is 244 g/mol. The number of rotatable bonds is 7. The summed E-state index contributed by atoms with van der Waals surface area (Å²) in [7, 11) is 2.08. The first-order valence-corrected chi connectivity index (χ1v) is 7.33. The summed E-state index contributed by atoms with van der Waals surface area (Å²) in [6, 6.07) is 12.2. The third kappa shape index (κ3) is 3.12. The van der Waals surface area contributed by atoms with E-state index in [9.17, 15) is 0 Å². The van der Waals surface area contributed by atoms with Crippen LogP contribution in [0.5, 0.6) is 0 Å². The Labute approximate surface area is 110 Å². The van der Waals surface area contributed by atoms with E-state index in [4.69, 9.17) is 0 Å². The molecular weight excluding hydrogens is 220 g/mol. The zero-order valence-corrected chi connectivity index (χ0v) is 11.3. The Morgan fingerprint density at radius 1 is 1.17 bits per heavy atom. The summed E-state index contributed by atoms with van der Waals surface area (Å²) in [5, 5.41) is 3.48. The maximum Gasteiger partial charge on any atom is 0.0446 e. The molecule has 0 aliphatic heterocycles. The fourth-order valence-electron chi connectivity index (χ4n) is 2.73. The summed E-state index contributed by atoms with van der Waals surface area (Å²) in [6.45, 7) is 2.50. The van der Waals surface area contributed by atoms with E-state index < -0.39 is 0 Å². The fraction of sp³-hybridized carbons (Fsp3) is 0.625. The van der Waals surface area contributed by atoms with E-state index in [0.29, 0.717) is 6.04 Å². The summed E-state index contributed by atoms with van der Waals surface area (Å²) < 4.78 is 0. The SMILES string of the molecule is CNC(CN(CC1CC1)C1CC1)c1ccccc1. The predicted octanol–water partition coefficient (Wildman–Crippen LogP) is 2.82. The van der Waals surface area contributed by atoms with Gasteiger partial charge in [-0.25, -0.2) is 0 Å². The van der Waals surface area contributed by atoms with Gasteiger partial charge < -0.3 is 5.32 Å². The molecule has 1 unspecified atom stereocenters.